The predicted molar refractivity (Wildman–Crippen MR) is 128 cm³/mol. The fourth-order valence-corrected chi connectivity index (χ4v) is 4.22. The van der Waals surface area contributed by atoms with Gasteiger partial charge in [0.05, 0.1) is 10.9 Å². The van der Waals surface area contributed by atoms with Crippen LogP contribution in [0, 0.1) is 11.8 Å². The third-order valence-corrected chi connectivity index (χ3v) is 5.76. The van der Waals surface area contributed by atoms with Crippen LogP contribution in [0.5, 0.6) is 0 Å². The van der Waals surface area contributed by atoms with E-state index in [1.54, 1.807) is 18.2 Å². The third kappa shape index (κ3) is 4.21. The standard InChI is InChI=1S/C27H20N2O5/c30-25-22-15-17(12-13-24(22)29-27(32)34-25)7-5-6-14-28-26(31)33-16-23-20-10-3-1-8-18(20)19-9-2-4-11-21(19)23/h1-4,8-13,15,23H,6,14,16H2,(H,28,31)(H,29,32). The molecule has 4 aromatic rings. The number of carbonyl (C=O) groups is 1. The Balaban J connectivity index is 1.15. The average Bonchev–Trinajstić information content (AvgIpc) is 3.16. The van der Waals surface area contributed by atoms with E-state index >= 15 is 0 Å². The molecule has 1 aromatic heterocycles. The zero-order valence-electron chi connectivity index (χ0n) is 18.1. The molecule has 1 amide bonds. The van der Waals surface area contributed by atoms with Crippen molar-refractivity contribution in [2.75, 3.05) is 13.2 Å². The number of nitrogens with one attached hydrogen (secondary N) is 2. The Labute approximate surface area is 194 Å². The number of alkyl carbamates (subject to hydrolysis) is 1. The van der Waals surface area contributed by atoms with Crippen LogP contribution >= 0.6 is 0 Å². The molecule has 0 saturated carbocycles. The van der Waals surface area contributed by atoms with Crippen LogP contribution in [0.15, 0.2) is 80.7 Å². The zero-order valence-corrected chi connectivity index (χ0v) is 18.1. The molecule has 5 rings (SSSR count). The van der Waals surface area contributed by atoms with E-state index in [4.69, 9.17) is 4.74 Å². The fourth-order valence-electron chi connectivity index (χ4n) is 4.22. The molecular weight excluding hydrogens is 432 g/mol. The molecule has 0 bridgehead atoms. The summed E-state index contributed by atoms with van der Waals surface area (Å²) in [5.41, 5.74) is 4.98. The van der Waals surface area contributed by atoms with Gasteiger partial charge in [0, 0.05) is 24.4 Å². The van der Waals surface area contributed by atoms with Gasteiger partial charge in [0.25, 0.3) is 0 Å². The van der Waals surface area contributed by atoms with Crippen LogP contribution in [0.4, 0.5) is 4.79 Å². The Morgan fingerprint density at radius 2 is 1.71 bits per heavy atom. The number of hydrogen-bond donors (Lipinski definition) is 2. The van der Waals surface area contributed by atoms with Gasteiger partial charge in [0.15, 0.2) is 0 Å². The molecule has 168 valence electrons. The maximum Gasteiger partial charge on any atom is 0.419 e. The van der Waals surface area contributed by atoms with Crippen LogP contribution in [0.25, 0.3) is 22.0 Å². The highest BCUT2D eigenvalue weighted by Gasteiger charge is 2.28. The summed E-state index contributed by atoms with van der Waals surface area (Å²) in [5, 5.41) is 2.97. The number of carbonyl (C=O) groups excluding carboxylic acids is 1. The van der Waals surface area contributed by atoms with Crippen molar-refractivity contribution in [2.45, 2.75) is 12.3 Å². The van der Waals surface area contributed by atoms with Crippen molar-refractivity contribution in [3.8, 4) is 23.0 Å². The van der Waals surface area contributed by atoms with Crippen molar-refractivity contribution in [2.24, 2.45) is 0 Å². The van der Waals surface area contributed by atoms with Crippen LogP contribution in [-0.2, 0) is 4.74 Å². The van der Waals surface area contributed by atoms with Gasteiger partial charge in [-0.25, -0.2) is 14.4 Å². The van der Waals surface area contributed by atoms with Gasteiger partial charge in [-0.3, -0.25) is 4.98 Å². The number of rotatable bonds is 4. The summed E-state index contributed by atoms with van der Waals surface area (Å²) in [7, 11) is 0. The van der Waals surface area contributed by atoms with Crippen LogP contribution in [-0.4, -0.2) is 24.2 Å². The molecule has 3 aromatic carbocycles. The van der Waals surface area contributed by atoms with Crippen LogP contribution in [0.2, 0.25) is 0 Å². The maximum absolute atomic E-state index is 12.2. The SMILES string of the molecule is O=C(NCCC#Cc1ccc2[nH]c(=O)oc(=O)c2c1)OCC1c2ccccc2-c2ccccc21. The van der Waals surface area contributed by atoms with Gasteiger partial charge in [0.2, 0.25) is 0 Å². The van der Waals surface area contributed by atoms with Gasteiger partial charge in [-0.15, -0.1) is 0 Å². The van der Waals surface area contributed by atoms with Crippen LogP contribution < -0.4 is 16.7 Å². The van der Waals surface area contributed by atoms with E-state index in [1.165, 1.54) is 11.1 Å². The smallest absolute Gasteiger partial charge is 0.419 e. The second-order valence-corrected chi connectivity index (χ2v) is 7.87. The number of aromatic amines is 1. The second kappa shape index (κ2) is 9.12. The first-order chi connectivity index (χ1) is 16.6. The van der Waals surface area contributed by atoms with E-state index in [0.29, 0.717) is 24.0 Å². The number of ether oxygens (including phenoxy) is 1. The summed E-state index contributed by atoms with van der Waals surface area (Å²) < 4.78 is 10.0. The number of hydrogen-bond acceptors (Lipinski definition) is 5. The van der Waals surface area contributed by atoms with Gasteiger partial charge in [-0.2, -0.15) is 0 Å². The maximum atomic E-state index is 12.2. The molecule has 7 nitrogen and oxygen atoms in total. The van der Waals surface area contributed by atoms with Crippen molar-refractivity contribution < 1.29 is 13.9 Å². The van der Waals surface area contributed by atoms with E-state index < -0.39 is 17.5 Å². The summed E-state index contributed by atoms with van der Waals surface area (Å²) in [6, 6.07) is 21.2. The third-order valence-electron chi connectivity index (χ3n) is 5.76. The van der Waals surface area contributed by atoms with Crippen molar-refractivity contribution >= 4 is 17.0 Å². The highest BCUT2D eigenvalue weighted by Crippen LogP contribution is 2.44. The largest absolute Gasteiger partial charge is 0.449 e. The van der Waals surface area contributed by atoms with Gasteiger partial charge >= 0.3 is 17.5 Å². The van der Waals surface area contributed by atoms with Gasteiger partial charge in [-0.05, 0) is 40.5 Å². The Bertz CT molecular complexity index is 1530. The van der Waals surface area contributed by atoms with E-state index in [0.717, 1.165) is 11.1 Å². The lowest BCUT2D eigenvalue weighted by molar-refractivity contribution is 0.143. The fraction of sp³-hybridized carbons (Fsp3) is 0.148. The first kappa shape index (κ1) is 21.3. The van der Waals surface area contributed by atoms with Crippen molar-refractivity contribution in [3.63, 3.8) is 0 Å². The second-order valence-electron chi connectivity index (χ2n) is 7.87. The van der Waals surface area contributed by atoms with Crippen LogP contribution in [0.1, 0.15) is 29.0 Å². The lowest BCUT2D eigenvalue weighted by Crippen LogP contribution is -2.26. The zero-order chi connectivity index (χ0) is 23.5. The first-order valence-electron chi connectivity index (χ1n) is 10.8. The van der Waals surface area contributed by atoms with Crippen molar-refractivity contribution in [1.82, 2.24) is 10.3 Å². The summed E-state index contributed by atoms with van der Waals surface area (Å²) >= 11 is 0. The lowest BCUT2D eigenvalue weighted by Gasteiger charge is -2.14. The molecule has 1 aliphatic rings. The number of aromatic nitrogens is 1. The molecule has 0 unspecified atom stereocenters. The Morgan fingerprint density at radius 3 is 2.44 bits per heavy atom. The Kier molecular flexibility index (Phi) is 5.71. The van der Waals surface area contributed by atoms with E-state index in [2.05, 4.69) is 50.8 Å². The molecule has 7 heteroatoms. The molecule has 34 heavy (non-hydrogen) atoms. The number of amides is 1. The molecule has 0 saturated heterocycles. The van der Waals surface area contributed by atoms with Gasteiger partial charge in [-0.1, -0.05) is 60.4 Å². The molecule has 0 atom stereocenters. The molecule has 1 aliphatic carbocycles. The highest BCUT2D eigenvalue weighted by molar-refractivity contribution is 5.79. The predicted octanol–water partition coefficient (Wildman–Crippen LogP) is 3.76. The minimum absolute atomic E-state index is 0.0124. The minimum atomic E-state index is -0.796. The van der Waals surface area contributed by atoms with E-state index in [-0.39, 0.29) is 17.9 Å². The first-order valence-corrected chi connectivity index (χ1v) is 10.8. The minimum Gasteiger partial charge on any atom is -0.449 e. The van der Waals surface area contributed by atoms with E-state index in [9.17, 15) is 14.4 Å². The molecule has 1 heterocycles. The number of fused-ring (bicyclic) bond motifs is 4. The summed E-state index contributed by atoms with van der Waals surface area (Å²) in [6.45, 7) is 0.583. The summed E-state index contributed by atoms with van der Waals surface area (Å²) in [5.74, 6) is 5.10. The molecule has 2 N–H and O–H groups in total. The molecular formula is C27H20N2O5. The summed E-state index contributed by atoms with van der Waals surface area (Å²) in [6.07, 6.45) is -0.0847. The van der Waals surface area contributed by atoms with Crippen molar-refractivity contribution in [3.05, 3.63) is 104 Å². The van der Waals surface area contributed by atoms with Gasteiger partial charge in [0.1, 0.15) is 6.61 Å². The van der Waals surface area contributed by atoms with E-state index in [1.807, 2.05) is 24.3 Å². The van der Waals surface area contributed by atoms with Crippen molar-refractivity contribution in [1.29, 1.82) is 0 Å². The number of benzene rings is 3. The van der Waals surface area contributed by atoms with Crippen LogP contribution in [0.3, 0.4) is 0 Å². The lowest BCUT2D eigenvalue weighted by atomic mass is 9.98. The Hall–Kier alpha value is -4.57. The average molecular weight is 452 g/mol. The van der Waals surface area contributed by atoms with Gasteiger partial charge < -0.3 is 14.5 Å². The molecule has 0 fully saturated rings. The normalized spacial score (nSPS) is 11.9. The summed E-state index contributed by atoms with van der Waals surface area (Å²) in [4.78, 5) is 37.7. The molecule has 0 radical (unpaired) electrons. The topological polar surface area (TPSA) is 101 Å². The number of H-pyrrole nitrogens is 1. The molecule has 0 spiro atoms. The molecule has 0 aliphatic heterocycles. The highest BCUT2D eigenvalue weighted by atomic mass is 16.5. The Morgan fingerprint density at radius 1 is 1.00 bits per heavy atom. The quantitative estimate of drug-likeness (QED) is 0.363. The monoisotopic (exact) mass is 452 g/mol.